The van der Waals surface area contributed by atoms with Gasteiger partial charge in [-0.15, -0.1) is 0 Å². The van der Waals surface area contributed by atoms with Gasteiger partial charge in [0.1, 0.15) is 23.4 Å². The third-order valence-electron chi connectivity index (χ3n) is 3.92. The molecule has 27 heavy (non-hydrogen) atoms. The Bertz CT molecular complexity index is 1190. The van der Waals surface area contributed by atoms with E-state index in [4.69, 9.17) is 8.83 Å². The van der Waals surface area contributed by atoms with Crippen molar-refractivity contribution in [2.75, 3.05) is 0 Å². The Kier molecular flexibility index (Phi) is 4.17. The van der Waals surface area contributed by atoms with Crippen LogP contribution in [0.1, 0.15) is 5.76 Å². The van der Waals surface area contributed by atoms with E-state index in [2.05, 4.69) is 15.6 Å². The molecule has 4 rings (SSSR count). The summed E-state index contributed by atoms with van der Waals surface area (Å²) < 4.78 is 11.7. The first-order chi connectivity index (χ1) is 13.1. The zero-order valence-corrected chi connectivity index (χ0v) is 14.0. The molecule has 9 heteroatoms. The number of aromatic nitrogens is 2. The Balaban J connectivity index is 1.47. The first-order valence-corrected chi connectivity index (χ1v) is 8.08. The monoisotopic (exact) mass is 366 g/mol. The third-order valence-corrected chi connectivity index (χ3v) is 3.92. The van der Waals surface area contributed by atoms with Crippen molar-refractivity contribution in [1.82, 2.24) is 20.2 Å². The highest BCUT2D eigenvalue weighted by atomic mass is 16.3. The fourth-order valence-electron chi connectivity index (χ4n) is 2.67. The minimum atomic E-state index is -0.692. The van der Waals surface area contributed by atoms with Gasteiger partial charge in [0.15, 0.2) is 0 Å². The van der Waals surface area contributed by atoms with E-state index in [0.717, 1.165) is 9.95 Å². The van der Waals surface area contributed by atoms with E-state index >= 15 is 0 Å². The van der Waals surface area contributed by atoms with Crippen molar-refractivity contribution >= 4 is 34.0 Å². The van der Waals surface area contributed by atoms with E-state index in [1.807, 2.05) is 6.07 Å². The van der Waals surface area contributed by atoms with Crippen LogP contribution in [-0.2, 0) is 17.9 Å². The Hall–Kier alpha value is -3.88. The molecule has 9 nitrogen and oxygen atoms in total. The Morgan fingerprint density at radius 3 is 2.81 bits per heavy atom. The number of hydrogen-bond donors (Lipinski definition) is 2. The maximum Gasteiger partial charge on any atom is 0.321 e. The summed E-state index contributed by atoms with van der Waals surface area (Å²) in [6, 6.07) is 9.83. The number of para-hydroxylation sites is 1. The predicted molar refractivity (Wildman–Crippen MR) is 94.9 cm³/mol. The number of carbonyl (C=O) groups is 2. The molecule has 3 aromatic heterocycles. The van der Waals surface area contributed by atoms with Crippen LogP contribution >= 0.6 is 0 Å². The molecule has 0 unspecified atom stereocenters. The van der Waals surface area contributed by atoms with Crippen LogP contribution in [-0.4, -0.2) is 21.5 Å². The van der Waals surface area contributed by atoms with Crippen molar-refractivity contribution in [3.05, 3.63) is 65.1 Å². The van der Waals surface area contributed by atoms with Crippen LogP contribution in [0, 0.1) is 0 Å². The normalized spacial score (nSPS) is 11.0. The van der Waals surface area contributed by atoms with Crippen molar-refractivity contribution in [2.45, 2.75) is 13.1 Å². The molecule has 0 radical (unpaired) electrons. The van der Waals surface area contributed by atoms with E-state index in [9.17, 15) is 14.4 Å². The lowest BCUT2D eigenvalue weighted by atomic mass is 10.2. The molecule has 0 saturated heterocycles. The number of urea groups is 1. The van der Waals surface area contributed by atoms with Gasteiger partial charge in [-0.2, -0.15) is 0 Å². The molecule has 0 spiro atoms. The van der Waals surface area contributed by atoms with Crippen molar-refractivity contribution in [2.24, 2.45) is 0 Å². The van der Waals surface area contributed by atoms with Crippen LogP contribution in [0.5, 0.6) is 0 Å². The number of benzene rings is 1. The zero-order chi connectivity index (χ0) is 18.8. The van der Waals surface area contributed by atoms with Crippen LogP contribution in [0.4, 0.5) is 4.79 Å². The van der Waals surface area contributed by atoms with Crippen LogP contribution < -0.4 is 16.2 Å². The van der Waals surface area contributed by atoms with E-state index < -0.39 is 17.5 Å². The van der Waals surface area contributed by atoms with Gasteiger partial charge >= 0.3 is 6.03 Å². The number of amides is 3. The molecular formula is C18H14N4O5. The maximum absolute atomic E-state index is 12.5. The lowest BCUT2D eigenvalue weighted by Gasteiger charge is -2.07. The van der Waals surface area contributed by atoms with Crippen LogP contribution in [0.2, 0.25) is 0 Å². The van der Waals surface area contributed by atoms with Crippen LogP contribution in [0.3, 0.4) is 0 Å². The fraction of sp³-hybridized carbons (Fsp3) is 0.111. The highest BCUT2D eigenvalue weighted by molar-refractivity contribution is 6.01. The molecule has 1 aromatic carbocycles. The van der Waals surface area contributed by atoms with Gasteiger partial charge in [0.2, 0.25) is 11.5 Å². The molecule has 136 valence electrons. The molecule has 0 fully saturated rings. The first-order valence-electron chi connectivity index (χ1n) is 8.08. The SMILES string of the molecule is O=C(Cn1cnc2c(oc3ccccc32)c1=O)NC(=O)NCc1ccco1. The Morgan fingerprint density at radius 2 is 2.00 bits per heavy atom. The van der Waals surface area contributed by atoms with Gasteiger partial charge in [-0.1, -0.05) is 12.1 Å². The summed E-state index contributed by atoms with van der Waals surface area (Å²) in [6.45, 7) is -0.231. The summed E-state index contributed by atoms with van der Waals surface area (Å²) >= 11 is 0. The number of rotatable bonds is 4. The highest BCUT2D eigenvalue weighted by Crippen LogP contribution is 2.23. The second-order valence-electron chi connectivity index (χ2n) is 5.76. The topological polar surface area (TPSA) is 119 Å². The molecule has 3 amide bonds. The second-order valence-corrected chi connectivity index (χ2v) is 5.76. The largest absolute Gasteiger partial charge is 0.467 e. The minimum absolute atomic E-state index is 0.0637. The van der Waals surface area contributed by atoms with Gasteiger partial charge in [-0.3, -0.25) is 19.5 Å². The number of nitrogens with one attached hydrogen (secondary N) is 2. The molecule has 0 atom stereocenters. The molecule has 0 aliphatic carbocycles. The van der Waals surface area contributed by atoms with Crippen LogP contribution in [0.25, 0.3) is 22.1 Å². The second kappa shape index (κ2) is 6.79. The number of fused-ring (bicyclic) bond motifs is 3. The highest BCUT2D eigenvalue weighted by Gasteiger charge is 2.15. The van der Waals surface area contributed by atoms with E-state index in [1.54, 1.807) is 30.3 Å². The van der Waals surface area contributed by atoms with Gasteiger partial charge in [0, 0.05) is 5.39 Å². The standard InChI is InChI=1S/C18H14N4O5/c23-14(21-18(25)19-8-11-4-3-7-26-11)9-22-10-20-15-12-5-1-2-6-13(12)27-16(15)17(22)24/h1-7,10H,8-9H2,(H2,19,21,23,25). The summed E-state index contributed by atoms with van der Waals surface area (Å²) in [5.41, 5.74) is 0.538. The van der Waals surface area contributed by atoms with Crippen LogP contribution in [0.15, 0.2) is 62.6 Å². The number of carbonyl (C=O) groups excluding carboxylic acids is 2. The molecule has 0 aliphatic heterocycles. The molecule has 0 bridgehead atoms. The third kappa shape index (κ3) is 3.30. The summed E-state index contributed by atoms with van der Waals surface area (Å²) in [5, 5.41) is 5.34. The summed E-state index contributed by atoms with van der Waals surface area (Å²) in [7, 11) is 0. The molecular weight excluding hydrogens is 352 g/mol. The molecule has 0 aliphatic rings. The van der Waals surface area contributed by atoms with Gasteiger partial charge < -0.3 is 14.2 Å². The van der Waals surface area contributed by atoms with Gasteiger partial charge in [0.25, 0.3) is 5.56 Å². The Morgan fingerprint density at radius 1 is 1.15 bits per heavy atom. The zero-order valence-electron chi connectivity index (χ0n) is 14.0. The van der Waals surface area contributed by atoms with E-state index in [-0.39, 0.29) is 18.7 Å². The lowest BCUT2D eigenvalue weighted by molar-refractivity contribution is -0.120. The first kappa shape index (κ1) is 16.6. The average molecular weight is 366 g/mol. The molecule has 4 aromatic rings. The number of furan rings is 2. The lowest BCUT2D eigenvalue weighted by Crippen LogP contribution is -2.41. The minimum Gasteiger partial charge on any atom is -0.467 e. The van der Waals surface area contributed by atoms with Crippen molar-refractivity contribution in [3.63, 3.8) is 0 Å². The summed E-state index contributed by atoms with van der Waals surface area (Å²) in [5.74, 6) is -0.111. The predicted octanol–water partition coefficient (Wildman–Crippen LogP) is 1.76. The van der Waals surface area contributed by atoms with E-state index in [0.29, 0.717) is 16.9 Å². The van der Waals surface area contributed by atoms with Gasteiger partial charge in [0.05, 0.1) is 19.1 Å². The number of imide groups is 1. The van der Waals surface area contributed by atoms with Crippen molar-refractivity contribution in [1.29, 1.82) is 0 Å². The van der Waals surface area contributed by atoms with Crippen molar-refractivity contribution in [3.8, 4) is 0 Å². The number of nitrogens with zero attached hydrogens (tertiary/aromatic N) is 2. The maximum atomic E-state index is 12.5. The molecule has 0 saturated carbocycles. The van der Waals surface area contributed by atoms with Crippen molar-refractivity contribution < 1.29 is 18.4 Å². The summed E-state index contributed by atoms with van der Waals surface area (Å²) in [6.07, 6.45) is 2.74. The number of hydrogen-bond acceptors (Lipinski definition) is 6. The molecule has 2 N–H and O–H groups in total. The summed E-state index contributed by atoms with van der Waals surface area (Å²) in [4.78, 5) is 40.5. The Labute approximate surface area is 151 Å². The quantitative estimate of drug-likeness (QED) is 0.568. The van der Waals surface area contributed by atoms with Gasteiger partial charge in [-0.05, 0) is 24.3 Å². The fourth-order valence-corrected chi connectivity index (χ4v) is 2.67. The van der Waals surface area contributed by atoms with Gasteiger partial charge in [-0.25, -0.2) is 9.78 Å². The van der Waals surface area contributed by atoms with E-state index in [1.165, 1.54) is 12.6 Å². The molecule has 3 heterocycles. The average Bonchev–Trinajstić information content (AvgIpc) is 3.30. The smallest absolute Gasteiger partial charge is 0.321 e.